The highest BCUT2D eigenvalue weighted by Gasteiger charge is 2.17. The van der Waals surface area contributed by atoms with Crippen LogP contribution < -0.4 is 15.6 Å². The molecule has 31 heavy (non-hydrogen) atoms. The predicted molar refractivity (Wildman–Crippen MR) is 135 cm³/mol. The van der Waals surface area contributed by atoms with Crippen molar-refractivity contribution in [3.05, 3.63) is 61.6 Å². The first-order chi connectivity index (χ1) is 15.1. The van der Waals surface area contributed by atoms with Crippen molar-refractivity contribution in [2.24, 2.45) is 5.10 Å². The Morgan fingerprint density at radius 2 is 1.90 bits per heavy atom. The number of aryl methyl sites for hydroxylation is 1. The summed E-state index contributed by atoms with van der Waals surface area (Å²) < 4.78 is 7.54. The van der Waals surface area contributed by atoms with Gasteiger partial charge in [-0.3, -0.25) is 0 Å². The van der Waals surface area contributed by atoms with Crippen LogP contribution >= 0.6 is 38.5 Å². The Kier molecular flexibility index (Phi) is 7.30. The van der Waals surface area contributed by atoms with Gasteiger partial charge in [0.05, 0.1) is 25.1 Å². The number of halogens is 2. The van der Waals surface area contributed by atoms with E-state index in [1.165, 1.54) is 0 Å². The average molecular weight is 594 g/mol. The molecule has 0 saturated carbocycles. The molecule has 8 nitrogen and oxygen atoms in total. The second-order valence-electron chi connectivity index (χ2n) is 6.92. The predicted octanol–water partition coefficient (Wildman–Crippen LogP) is 4.57. The van der Waals surface area contributed by atoms with Crippen LogP contribution in [0.15, 0.2) is 52.0 Å². The van der Waals surface area contributed by atoms with Crippen LogP contribution in [0.4, 0.5) is 23.5 Å². The lowest BCUT2D eigenvalue weighted by atomic mass is 10.2. The quantitative estimate of drug-likeness (QED) is 0.246. The first-order valence-electron chi connectivity index (χ1n) is 9.73. The van der Waals surface area contributed by atoms with Gasteiger partial charge in [-0.25, -0.2) is 5.43 Å². The number of hydrogen-bond donors (Lipinski definition) is 2. The third kappa shape index (κ3) is 6.11. The van der Waals surface area contributed by atoms with Crippen LogP contribution in [0.25, 0.3) is 0 Å². The van der Waals surface area contributed by atoms with E-state index >= 15 is 0 Å². The summed E-state index contributed by atoms with van der Waals surface area (Å²) in [6.45, 7) is 4.78. The highest BCUT2D eigenvalue weighted by atomic mass is 127. The van der Waals surface area contributed by atoms with E-state index < -0.39 is 0 Å². The zero-order valence-corrected chi connectivity index (χ0v) is 20.6. The second kappa shape index (κ2) is 10.3. The van der Waals surface area contributed by atoms with Crippen molar-refractivity contribution in [1.29, 1.82) is 0 Å². The van der Waals surface area contributed by atoms with E-state index in [2.05, 4.69) is 74.2 Å². The fraction of sp³-hybridized carbons (Fsp3) is 0.238. The molecule has 1 aromatic heterocycles. The molecule has 2 aromatic carbocycles. The van der Waals surface area contributed by atoms with Gasteiger partial charge in [-0.05, 0) is 80.8 Å². The first-order valence-corrected chi connectivity index (χ1v) is 11.6. The average Bonchev–Trinajstić information content (AvgIpc) is 2.76. The summed E-state index contributed by atoms with van der Waals surface area (Å²) in [7, 11) is 0. The third-order valence-corrected chi connectivity index (χ3v) is 5.84. The van der Waals surface area contributed by atoms with E-state index in [9.17, 15) is 0 Å². The molecule has 10 heteroatoms. The van der Waals surface area contributed by atoms with E-state index in [-0.39, 0.29) is 0 Å². The molecule has 0 bridgehead atoms. The third-order valence-electron chi connectivity index (χ3n) is 4.52. The Balaban J connectivity index is 1.59. The topological polar surface area (TPSA) is 87.6 Å². The summed E-state index contributed by atoms with van der Waals surface area (Å²) in [5, 5.41) is 7.58. The molecule has 1 saturated heterocycles. The molecule has 0 aliphatic carbocycles. The number of hydrazone groups is 1. The number of hydrogen-bond acceptors (Lipinski definition) is 8. The van der Waals surface area contributed by atoms with Crippen LogP contribution in [0.5, 0.6) is 0 Å². The standard InChI is InChI=1S/C21H21BrIN7O/c1-14-5-6-18(17(22)11-14)25-19-26-20(28-21(27-19)30-7-9-31-10-8-30)29-24-13-15-3-2-4-16(23)12-15/h2-6,11-13H,7-10H2,1H3,(H2,25,26,27,28,29). The molecule has 0 unspecified atom stereocenters. The molecular weight excluding hydrogens is 573 g/mol. The van der Waals surface area contributed by atoms with Crippen molar-refractivity contribution in [2.45, 2.75) is 6.92 Å². The minimum absolute atomic E-state index is 0.365. The number of morpholine rings is 1. The van der Waals surface area contributed by atoms with E-state index in [1.807, 2.05) is 49.4 Å². The molecule has 1 aliphatic rings. The lowest BCUT2D eigenvalue weighted by molar-refractivity contribution is 0.122. The number of benzene rings is 2. The van der Waals surface area contributed by atoms with Crippen molar-refractivity contribution in [3.8, 4) is 0 Å². The summed E-state index contributed by atoms with van der Waals surface area (Å²) in [6, 6.07) is 14.1. The van der Waals surface area contributed by atoms with Gasteiger partial charge < -0.3 is 15.0 Å². The Morgan fingerprint density at radius 3 is 2.68 bits per heavy atom. The molecule has 0 atom stereocenters. The van der Waals surface area contributed by atoms with Gasteiger partial charge in [0.25, 0.3) is 0 Å². The van der Waals surface area contributed by atoms with E-state index in [0.717, 1.165) is 37.9 Å². The summed E-state index contributed by atoms with van der Waals surface area (Å²) in [6.07, 6.45) is 1.74. The second-order valence-corrected chi connectivity index (χ2v) is 9.02. The van der Waals surface area contributed by atoms with E-state index in [4.69, 9.17) is 4.74 Å². The molecule has 3 aromatic rings. The van der Waals surface area contributed by atoms with Gasteiger partial charge >= 0.3 is 0 Å². The molecule has 1 aliphatic heterocycles. The van der Waals surface area contributed by atoms with E-state index in [0.29, 0.717) is 31.1 Å². The molecule has 2 heterocycles. The van der Waals surface area contributed by atoms with E-state index in [1.54, 1.807) is 6.21 Å². The zero-order valence-electron chi connectivity index (χ0n) is 16.8. The molecule has 160 valence electrons. The normalized spacial score (nSPS) is 14.1. The summed E-state index contributed by atoms with van der Waals surface area (Å²) in [4.78, 5) is 15.7. The largest absolute Gasteiger partial charge is 0.378 e. The Hall–Kier alpha value is -2.31. The molecule has 0 amide bonds. The number of nitrogens with one attached hydrogen (secondary N) is 2. The fourth-order valence-electron chi connectivity index (χ4n) is 2.97. The number of ether oxygens (including phenoxy) is 1. The molecule has 4 rings (SSSR count). The van der Waals surface area contributed by atoms with Crippen LogP contribution in [0, 0.1) is 10.5 Å². The van der Waals surface area contributed by atoms with Gasteiger partial charge in [0, 0.05) is 21.1 Å². The fourth-order valence-corrected chi connectivity index (χ4v) is 4.13. The molecule has 1 fully saturated rings. The van der Waals surface area contributed by atoms with Crippen LogP contribution in [0.3, 0.4) is 0 Å². The van der Waals surface area contributed by atoms with Crippen molar-refractivity contribution in [1.82, 2.24) is 15.0 Å². The summed E-state index contributed by atoms with van der Waals surface area (Å²) >= 11 is 5.87. The van der Waals surface area contributed by atoms with Gasteiger partial charge in [-0.15, -0.1) is 0 Å². The van der Waals surface area contributed by atoms with Gasteiger partial charge in [0.15, 0.2) is 0 Å². The van der Waals surface area contributed by atoms with Gasteiger partial charge in [-0.2, -0.15) is 20.1 Å². The van der Waals surface area contributed by atoms with Crippen LogP contribution in [-0.2, 0) is 4.74 Å². The number of nitrogens with zero attached hydrogens (tertiary/aromatic N) is 5. The van der Waals surface area contributed by atoms with Gasteiger partial charge in [0.2, 0.25) is 17.8 Å². The SMILES string of the molecule is Cc1ccc(Nc2nc(NN=Cc3cccc(I)c3)nc(N3CCOCC3)n2)c(Br)c1. The Bertz CT molecular complexity index is 1090. The van der Waals surface area contributed by atoms with Gasteiger partial charge in [-0.1, -0.05) is 18.2 Å². The Morgan fingerprint density at radius 1 is 1.10 bits per heavy atom. The summed E-state index contributed by atoms with van der Waals surface area (Å²) in [5.74, 6) is 1.38. The molecule has 2 N–H and O–H groups in total. The first kappa shape index (κ1) is 21.9. The van der Waals surface area contributed by atoms with Crippen molar-refractivity contribution >= 4 is 68.3 Å². The highest BCUT2D eigenvalue weighted by molar-refractivity contribution is 14.1. The number of rotatable bonds is 6. The minimum atomic E-state index is 0.365. The molecular formula is C21H21BrIN7O. The van der Waals surface area contributed by atoms with Crippen molar-refractivity contribution < 1.29 is 4.74 Å². The maximum atomic E-state index is 5.45. The molecule has 0 spiro atoms. The van der Waals surface area contributed by atoms with Crippen LogP contribution in [-0.4, -0.2) is 47.5 Å². The Labute approximate surface area is 202 Å². The number of anilines is 4. The lowest BCUT2D eigenvalue weighted by Crippen LogP contribution is -2.37. The maximum Gasteiger partial charge on any atom is 0.250 e. The smallest absolute Gasteiger partial charge is 0.250 e. The van der Waals surface area contributed by atoms with Gasteiger partial charge in [0.1, 0.15) is 0 Å². The van der Waals surface area contributed by atoms with Crippen LogP contribution in [0.2, 0.25) is 0 Å². The highest BCUT2D eigenvalue weighted by Crippen LogP contribution is 2.26. The minimum Gasteiger partial charge on any atom is -0.378 e. The zero-order chi connectivity index (χ0) is 21.6. The maximum absolute atomic E-state index is 5.45. The monoisotopic (exact) mass is 593 g/mol. The number of aromatic nitrogens is 3. The molecule has 0 radical (unpaired) electrons. The van der Waals surface area contributed by atoms with Crippen molar-refractivity contribution in [2.75, 3.05) is 41.9 Å². The summed E-state index contributed by atoms with van der Waals surface area (Å²) in [5.41, 5.74) is 5.96. The van der Waals surface area contributed by atoms with Crippen LogP contribution in [0.1, 0.15) is 11.1 Å². The van der Waals surface area contributed by atoms with Crippen molar-refractivity contribution in [3.63, 3.8) is 0 Å². The lowest BCUT2D eigenvalue weighted by Gasteiger charge is -2.27.